The fourth-order valence-corrected chi connectivity index (χ4v) is 1.30. The number of nitrogens with one attached hydrogen (secondary N) is 2. The van der Waals surface area contributed by atoms with Crippen molar-refractivity contribution in [1.82, 2.24) is 20.8 Å². The quantitative estimate of drug-likeness (QED) is 0.738. The minimum atomic E-state index is -0.250. The van der Waals surface area contributed by atoms with Crippen molar-refractivity contribution in [2.24, 2.45) is 0 Å². The van der Waals surface area contributed by atoms with Crippen molar-refractivity contribution >= 4 is 5.91 Å². The van der Waals surface area contributed by atoms with E-state index >= 15 is 0 Å². The Morgan fingerprint density at radius 2 is 2.22 bits per heavy atom. The summed E-state index contributed by atoms with van der Waals surface area (Å²) in [6, 6.07) is 3.31. The lowest BCUT2D eigenvalue weighted by molar-refractivity contribution is -0.122. The fraction of sp³-hybridized carbons (Fsp3) is 0.583. The summed E-state index contributed by atoms with van der Waals surface area (Å²) in [7, 11) is 1.54. The Bertz CT molecular complexity index is 367. The van der Waals surface area contributed by atoms with Gasteiger partial charge in [-0.1, -0.05) is 6.92 Å². The molecule has 18 heavy (non-hydrogen) atoms. The molecule has 6 nitrogen and oxygen atoms in total. The van der Waals surface area contributed by atoms with Crippen molar-refractivity contribution in [3.05, 3.63) is 17.8 Å². The number of aromatic nitrogens is 2. The smallest absolute Gasteiger partial charge is 0.236 e. The van der Waals surface area contributed by atoms with E-state index in [-0.39, 0.29) is 11.9 Å². The van der Waals surface area contributed by atoms with Gasteiger partial charge in [0.25, 0.3) is 0 Å². The van der Waals surface area contributed by atoms with Crippen LogP contribution < -0.4 is 15.4 Å². The van der Waals surface area contributed by atoms with Crippen LogP contribution in [0.2, 0.25) is 0 Å². The lowest BCUT2D eigenvalue weighted by Crippen LogP contribution is -2.42. The van der Waals surface area contributed by atoms with Crippen molar-refractivity contribution in [1.29, 1.82) is 0 Å². The summed E-state index contributed by atoms with van der Waals surface area (Å²) in [4.78, 5) is 11.6. The van der Waals surface area contributed by atoms with Crippen LogP contribution in [0.25, 0.3) is 0 Å². The number of nitrogens with zero attached hydrogens (tertiary/aromatic N) is 2. The SMILES string of the molecule is CCCNC(=O)C(C)NCc1ccc(OC)nn1. The minimum absolute atomic E-state index is 0.00155. The maximum atomic E-state index is 11.6. The second kappa shape index (κ2) is 7.60. The zero-order valence-corrected chi connectivity index (χ0v) is 11.1. The van der Waals surface area contributed by atoms with Crippen LogP contribution in [0.5, 0.6) is 5.88 Å². The van der Waals surface area contributed by atoms with E-state index in [0.717, 1.165) is 12.1 Å². The number of hydrogen-bond acceptors (Lipinski definition) is 5. The Kier molecular flexibility index (Phi) is 6.07. The Labute approximate surface area is 107 Å². The third-order valence-electron chi connectivity index (χ3n) is 2.44. The van der Waals surface area contributed by atoms with Crippen molar-refractivity contribution in [2.75, 3.05) is 13.7 Å². The Morgan fingerprint density at radius 1 is 1.44 bits per heavy atom. The molecule has 1 aromatic rings. The lowest BCUT2D eigenvalue weighted by Gasteiger charge is -2.13. The van der Waals surface area contributed by atoms with Gasteiger partial charge in [-0.25, -0.2) is 0 Å². The fourth-order valence-electron chi connectivity index (χ4n) is 1.30. The highest BCUT2D eigenvalue weighted by molar-refractivity contribution is 5.81. The van der Waals surface area contributed by atoms with Crippen LogP contribution in [0.4, 0.5) is 0 Å². The average Bonchev–Trinajstić information content (AvgIpc) is 2.42. The van der Waals surface area contributed by atoms with E-state index < -0.39 is 0 Å². The van der Waals surface area contributed by atoms with E-state index in [1.165, 1.54) is 0 Å². The van der Waals surface area contributed by atoms with Crippen LogP contribution in [0.3, 0.4) is 0 Å². The molecule has 0 aliphatic heterocycles. The van der Waals surface area contributed by atoms with E-state index in [1.807, 2.05) is 19.9 Å². The summed E-state index contributed by atoms with van der Waals surface area (Å²) in [6.45, 7) is 5.04. The molecule has 100 valence electrons. The maximum Gasteiger partial charge on any atom is 0.236 e. The number of carbonyl (C=O) groups excluding carboxylic acids is 1. The van der Waals surface area contributed by atoms with Crippen LogP contribution in [0.15, 0.2) is 12.1 Å². The van der Waals surface area contributed by atoms with Gasteiger partial charge >= 0.3 is 0 Å². The molecule has 0 spiro atoms. The van der Waals surface area contributed by atoms with Crippen LogP contribution in [-0.4, -0.2) is 35.8 Å². The Hall–Kier alpha value is -1.69. The Balaban J connectivity index is 2.36. The average molecular weight is 252 g/mol. The zero-order chi connectivity index (χ0) is 13.4. The molecule has 1 rings (SSSR count). The van der Waals surface area contributed by atoms with E-state index in [1.54, 1.807) is 13.2 Å². The molecule has 1 atom stereocenters. The van der Waals surface area contributed by atoms with Gasteiger partial charge in [-0.3, -0.25) is 4.79 Å². The van der Waals surface area contributed by atoms with Crippen molar-refractivity contribution < 1.29 is 9.53 Å². The van der Waals surface area contributed by atoms with Gasteiger partial charge < -0.3 is 15.4 Å². The monoisotopic (exact) mass is 252 g/mol. The first-order valence-electron chi connectivity index (χ1n) is 6.05. The number of amides is 1. The van der Waals surface area contributed by atoms with E-state index in [4.69, 9.17) is 4.74 Å². The second-order valence-corrected chi connectivity index (χ2v) is 3.96. The Morgan fingerprint density at radius 3 is 2.78 bits per heavy atom. The van der Waals surface area contributed by atoms with Gasteiger partial charge in [0.1, 0.15) is 0 Å². The topological polar surface area (TPSA) is 76.1 Å². The summed E-state index contributed by atoms with van der Waals surface area (Å²) in [5.41, 5.74) is 0.769. The first kappa shape index (κ1) is 14.4. The summed E-state index contributed by atoms with van der Waals surface area (Å²) in [5, 5.41) is 13.7. The number of rotatable bonds is 7. The molecule has 0 saturated heterocycles. The van der Waals surface area contributed by atoms with Gasteiger partial charge in [0, 0.05) is 19.2 Å². The first-order valence-corrected chi connectivity index (χ1v) is 6.05. The van der Waals surface area contributed by atoms with Crippen LogP contribution in [0.1, 0.15) is 26.0 Å². The van der Waals surface area contributed by atoms with Crippen molar-refractivity contribution in [3.8, 4) is 5.88 Å². The van der Waals surface area contributed by atoms with Gasteiger partial charge in [-0.15, -0.1) is 5.10 Å². The van der Waals surface area contributed by atoms with Gasteiger partial charge in [0.2, 0.25) is 11.8 Å². The molecular formula is C12H20N4O2. The third-order valence-corrected chi connectivity index (χ3v) is 2.44. The standard InChI is InChI=1S/C12H20N4O2/c1-4-7-13-12(17)9(2)14-8-10-5-6-11(18-3)16-15-10/h5-6,9,14H,4,7-8H2,1-3H3,(H,13,17). The van der Waals surface area contributed by atoms with Gasteiger partial charge in [-0.2, -0.15) is 5.10 Å². The summed E-state index contributed by atoms with van der Waals surface area (Å²) in [6.07, 6.45) is 0.933. The molecule has 0 radical (unpaired) electrons. The molecule has 0 aliphatic carbocycles. The minimum Gasteiger partial charge on any atom is -0.480 e. The highest BCUT2D eigenvalue weighted by Gasteiger charge is 2.11. The molecule has 1 amide bonds. The predicted octanol–water partition coefficient (Wildman–Crippen LogP) is 0.489. The molecule has 6 heteroatoms. The highest BCUT2D eigenvalue weighted by atomic mass is 16.5. The summed E-state index contributed by atoms with van der Waals surface area (Å²) in [5.74, 6) is 0.478. The molecule has 1 heterocycles. The molecule has 0 fully saturated rings. The normalized spacial score (nSPS) is 11.9. The van der Waals surface area contributed by atoms with Crippen LogP contribution >= 0.6 is 0 Å². The lowest BCUT2D eigenvalue weighted by atomic mass is 10.3. The van der Waals surface area contributed by atoms with E-state index in [2.05, 4.69) is 20.8 Å². The van der Waals surface area contributed by atoms with E-state index in [9.17, 15) is 4.79 Å². The summed E-state index contributed by atoms with van der Waals surface area (Å²) >= 11 is 0. The molecule has 0 aromatic carbocycles. The van der Waals surface area contributed by atoms with E-state index in [0.29, 0.717) is 19.0 Å². The van der Waals surface area contributed by atoms with Crippen LogP contribution in [-0.2, 0) is 11.3 Å². The third kappa shape index (κ3) is 4.67. The molecule has 1 aromatic heterocycles. The number of ether oxygens (including phenoxy) is 1. The van der Waals surface area contributed by atoms with Gasteiger partial charge in [-0.05, 0) is 19.4 Å². The van der Waals surface area contributed by atoms with Gasteiger partial charge in [0.05, 0.1) is 18.8 Å². The molecule has 0 aliphatic rings. The van der Waals surface area contributed by atoms with Crippen molar-refractivity contribution in [3.63, 3.8) is 0 Å². The first-order chi connectivity index (χ1) is 8.67. The molecular weight excluding hydrogens is 232 g/mol. The zero-order valence-electron chi connectivity index (χ0n) is 11.1. The number of hydrogen-bond donors (Lipinski definition) is 2. The molecule has 0 saturated carbocycles. The highest BCUT2D eigenvalue weighted by Crippen LogP contribution is 2.03. The van der Waals surface area contributed by atoms with Crippen molar-refractivity contribution in [2.45, 2.75) is 32.9 Å². The number of carbonyl (C=O) groups is 1. The molecule has 2 N–H and O–H groups in total. The molecule has 1 unspecified atom stereocenters. The van der Waals surface area contributed by atoms with Crippen LogP contribution in [0, 0.1) is 0 Å². The largest absolute Gasteiger partial charge is 0.480 e. The second-order valence-electron chi connectivity index (χ2n) is 3.96. The predicted molar refractivity (Wildman–Crippen MR) is 68.2 cm³/mol. The van der Waals surface area contributed by atoms with Gasteiger partial charge in [0.15, 0.2) is 0 Å². The maximum absolute atomic E-state index is 11.6. The number of methoxy groups -OCH3 is 1. The molecule has 0 bridgehead atoms. The summed E-state index contributed by atoms with van der Waals surface area (Å²) < 4.78 is 4.92.